The minimum atomic E-state index is 0.303. The zero-order valence-electron chi connectivity index (χ0n) is 8.96. The van der Waals surface area contributed by atoms with E-state index in [1.165, 1.54) is 6.42 Å². The minimum absolute atomic E-state index is 0.303. The van der Waals surface area contributed by atoms with Crippen molar-refractivity contribution in [2.45, 2.75) is 26.7 Å². The van der Waals surface area contributed by atoms with Crippen LogP contribution in [0.15, 0.2) is 0 Å². The van der Waals surface area contributed by atoms with E-state index < -0.39 is 0 Å². The van der Waals surface area contributed by atoms with Crippen LogP contribution < -0.4 is 0 Å². The van der Waals surface area contributed by atoms with E-state index in [9.17, 15) is 0 Å². The molecule has 0 spiro atoms. The summed E-state index contributed by atoms with van der Waals surface area (Å²) in [6.45, 7) is 9.33. The van der Waals surface area contributed by atoms with Gasteiger partial charge in [0.15, 0.2) is 0 Å². The number of aliphatic hydroxyl groups excluding tert-OH is 1. The van der Waals surface area contributed by atoms with E-state index in [-0.39, 0.29) is 0 Å². The number of nitrogens with zero attached hydrogens (tertiary/aromatic N) is 1. The molecule has 0 bridgehead atoms. The third-order valence-electron chi connectivity index (χ3n) is 1.74. The van der Waals surface area contributed by atoms with Crippen molar-refractivity contribution in [2.75, 3.05) is 39.5 Å². The molecule has 0 aromatic carbocycles. The first-order valence-corrected chi connectivity index (χ1v) is 5.26. The summed E-state index contributed by atoms with van der Waals surface area (Å²) in [6.07, 6.45) is 2.14. The van der Waals surface area contributed by atoms with Gasteiger partial charge in [-0.25, -0.2) is 0 Å². The van der Waals surface area contributed by atoms with Crippen molar-refractivity contribution >= 4 is 0 Å². The van der Waals surface area contributed by atoms with Crippen molar-refractivity contribution in [1.82, 2.24) is 4.90 Å². The molecule has 0 radical (unpaired) electrons. The van der Waals surface area contributed by atoms with Crippen LogP contribution in [0.5, 0.6) is 0 Å². The lowest BCUT2D eigenvalue weighted by atomic mass is 10.3. The van der Waals surface area contributed by atoms with Crippen molar-refractivity contribution in [3.05, 3.63) is 0 Å². The van der Waals surface area contributed by atoms with Gasteiger partial charge in [-0.2, -0.15) is 0 Å². The van der Waals surface area contributed by atoms with Gasteiger partial charge in [0.25, 0.3) is 0 Å². The Morgan fingerprint density at radius 2 is 1.77 bits per heavy atom. The Bertz CT molecular complexity index is 92.9. The molecule has 1 rings (SSSR count). The van der Waals surface area contributed by atoms with Gasteiger partial charge in [0.05, 0.1) is 13.2 Å². The molecular weight excluding hydrogens is 166 g/mol. The molecule has 0 unspecified atom stereocenters. The average molecular weight is 189 g/mol. The molecule has 0 aromatic rings. The molecule has 80 valence electrons. The van der Waals surface area contributed by atoms with Crippen molar-refractivity contribution in [3.63, 3.8) is 0 Å². The topological polar surface area (TPSA) is 32.7 Å². The van der Waals surface area contributed by atoms with Gasteiger partial charge in [-0.3, -0.25) is 4.90 Å². The van der Waals surface area contributed by atoms with Gasteiger partial charge in [0, 0.05) is 26.2 Å². The van der Waals surface area contributed by atoms with Gasteiger partial charge >= 0.3 is 0 Å². The van der Waals surface area contributed by atoms with Gasteiger partial charge in [0.2, 0.25) is 0 Å². The molecule has 1 aliphatic heterocycles. The predicted molar refractivity (Wildman–Crippen MR) is 54.9 cm³/mol. The minimum Gasteiger partial charge on any atom is -0.396 e. The quantitative estimate of drug-likeness (QED) is 0.722. The SMILES string of the molecule is CCC.OCCCN1CCOCC1. The molecule has 0 amide bonds. The molecule has 1 fully saturated rings. The fourth-order valence-corrected chi connectivity index (χ4v) is 1.12. The third-order valence-corrected chi connectivity index (χ3v) is 1.74. The lowest BCUT2D eigenvalue weighted by molar-refractivity contribution is 0.0353. The fraction of sp³-hybridized carbons (Fsp3) is 1.00. The second-order valence-electron chi connectivity index (χ2n) is 3.24. The van der Waals surface area contributed by atoms with Crippen molar-refractivity contribution in [1.29, 1.82) is 0 Å². The standard InChI is InChI=1S/C7H15NO2.C3H8/c9-5-1-2-8-3-6-10-7-4-8;1-3-2/h9H,1-7H2;3H2,1-2H3. The summed E-state index contributed by atoms with van der Waals surface area (Å²) in [4.78, 5) is 2.32. The monoisotopic (exact) mass is 189 g/mol. The van der Waals surface area contributed by atoms with Crippen LogP contribution in [-0.4, -0.2) is 49.5 Å². The third kappa shape index (κ3) is 8.22. The van der Waals surface area contributed by atoms with Crippen LogP contribution in [0.3, 0.4) is 0 Å². The molecule has 0 saturated carbocycles. The highest BCUT2D eigenvalue weighted by molar-refractivity contribution is 4.60. The molecular formula is C10H23NO2. The highest BCUT2D eigenvalue weighted by atomic mass is 16.5. The predicted octanol–water partition coefficient (Wildman–Crippen LogP) is 1.12. The van der Waals surface area contributed by atoms with E-state index in [1.807, 2.05) is 0 Å². The van der Waals surface area contributed by atoms with E-state index >= 15 is 0 Å². The van der Waals surface area contributed by atoms with E-state index in [0.29, 0.717) is 6.61 Å². The molecule has 0 aliphatic carbocycles. The van der Waals surface area contributed by atoms with Gasteiger partial charge in [0.1, 0.15) is 0 Å². The summed E-state index contributed by atoms with van der Waals surface area (Å²) in [5.41, 5.74) is 0. The Hall–Kier alpha value is -0.120. The lowest BCUT2D eigenvalue weighted by Gasteiger charge is -2.25. The number of ether oxygens (including phenoxy) is 1. The highest BCUT2D eigenvalue weighted by Crippen LogP contribution is 1.96. The molecule has 13 heavy (non-hydrogen) atoms. The summed E-state index contributed by atoms with van der Waals surface area (Å²) >= 11 is 0. The number of hydrogen-bond donors (Lipinski definition) is 1. The second-order valence-corrected chi connectivity index (χ2v) is 3.24. The van der Waals surface area contributed by atoms with Crippen LogP contribution in [0.1, 0.15) is 26.7 Å². The zero-order chi connectivity index (χ0) is 9.94. The number of aliphatic hydroxyl groups is 1. The summed E-state index contributed by atoms with van der Waals surface area (Å²) < 4.78 is 5.18. The Labute approximate surface area is 81.7 Å². The van der Waals surface area contributed by atoms with Crippen LogP contribution in [0.4, 0.5) is 0 Å². The van der Waals surface area contributed by atoms with E-state index in [4.69, 9.17) is 9.84 Å². The van der Waals surface area contributed by atoms with Crippen LogP contribution in [-0.2, 0) is 4.74 Å². The molecule has 1 saturated heterocycles. The van der Waals surface area contributed by atoms with Crippen molar-refractivity contribution in [3.8, 4) is 0 Å². The largest absolute Gasteiger partial charge is 0.396 e. The van der Waals surface area contributed by atoms with Crippen LogP contribution in [0.2, 0.25) is 0 Å². The zero-order valence-corrected chi connectivity index (χ0v) is 8.96. The van der Waals surface area contributed by atoms with Gasteiger partial charge in [-0.15, -0.1) is 0 Å². The highest BCUT2D eigenvalue weighted by Gasteiger charge is 2.08. The van der Waals surface area contributed by atoms with E-state index in [2.05, 4.69) is 18.7 Å². The molecule has 0 atom stereocenters. The first-order valence-electron chi connectivity index (χ1n) is 5.26. The molecule has 0 aromatic heterocycles. The second kappa shape index (κ2) is 9.96. The molecule has 3 nitrogen and oxygen atoms in total. The summed E-state index contributed by atoms with van der Waals surface area (Å²) in [6, 6.07) is 0. The number of rotatable bonds is 3. The van der Waals surface area contributed by atoms with Crippen molar-refractivity contribution in [2.24, 2.45) is 0 Å². The number of hydrogen-bond acceptors (Lipinski definition) is 3. The number of morpholine rings is 1. The van der Waals surface area contributed by atoms with Crippen molar-refractivity contribution < 1.29 is 9.84 Å². The maximum atomic E-state index is 8.54. The van der Waals surface area contributed by atoms with Crippen LogP contribution in [0.25, 0.3) is 0 Å². The summed E-state index contributed by atoms with van der Waals surface area (Å²) in [5, 5.41) is 8.54. The normalized spacial score (nSPS) is 17.8. The Morgan fingerprint density at radius 3 is 2.23 bits per heavy atom. The first-order chi connectivity index (χ1) is 6.35. The van der Waals surface area contributed by atoms with Gasteiger partial charge in [-0.1, -0.05) is 20.3 Å². The average Bonchev–Trinajstić information content (AvgIpc) is 2.18. The smallest absolute Gasteiger partial charge is 0.0594 e. The lowest BCUT2D eigenvalue weighted by Crippen LogP contribution is -2.37. The van der Waals surface area contributed by atoms with Crippen LogP contribution in [0, 0.1) is 0 Å². The van der Waals surface area contributed by atoms with Gasteiger partial charge in [-0.05, 0) is 6.42 Å². The maximum absolute atomic E-state index is 8.54. The van der Waals surface area contributed by atoms with E-state index in [1.54, 1.807) is 0 Å². The Kier molecular flexibility index (Phi) is 9.87. The van der Waals surface area contributed by atoms with Gasteiger partial charge < -0.3 is 9.84 Å². The summed E-state index contributed by atoms with van der Waals surface area (Å²) in [5.74, 6) is 0. The Morgan fingerprint density at radius 1 is 1.23 bits per heavy atom. The maximum Gasteiger partial charge on any atom is 0.0594 e. The summed E-state index contributed by atoms with van der Waals surface area (Å²) in [7, 11) is 0. The molecule has 1 N–H and O–H groups in total. The van der Waals surface area contributed by atoms with Crippen LogP contribution >= 0.6 is 0 Å². The first kappa shape index (κ1) is 12.9. The van der Waals surface area contributed by atoms with E-state index in [0.717, 1.165) is 39.3 Å². The molecule has 1 aliphatic rings. The molecule has 3 heteroatoms. The Balaban J connectivity index is 0.000000424. The fourth-order valence-electron chi connectivity index (χ4n) is 1.12. The molecule has 1 heterocycles.